The third-order valence-corrected chi connectivity index (χ3v) is 3.26. The van der Waals surface area contributed by atoms with Gasteiger partial charge < -0.3 is 10.1 Å². The molecule has 20 heavy (non-hydrogen) atoms. The molecule has 104 valence electrons. The molecule has 0 fully saturated rings. The van der Waals surface area contributed by atoms with Crippen molar-refractivity contribution in [2.24, 2.45) is 0 Å². The van der Waals surface area contributed by atoms with E-state index >= 15 is 0 Å². The van der Waals surface area contributed by atoms with Crippen molar-refractivity contribution in [1.29, 1.82) is 0 Å². The largest absolute Gasteiger partial charge is 0.482 e. The molecule has 6 heteroatoms. The second-order valence-electron chi connectivity index (χ2n) is 4.11. The van der Waals surface area contributed by atoms with Gasteiger partial charge in [-0.05, 0) is 30.7 Å². The Morgan fingerprint density at radius 3 is 2.80 bits per heavy atom. The predicted octanol–water partition coefficient (Wildman–Crippen LogP) is 3.71. The van der Waals surface area contributed by atoms with Crippen LogP contribution in [0.5, 0.6) is 5.75 Å². The van der Waals surface area contributed by atoms with Crippen LogP contribution in [0.2, 0.25) is 10.0 Å². The van der Waals surface area contributed by atoms with Crippen LogP contribution in [-0.4, -0.2) is 17.5 Å². The standard InChI is InChI=1S/C14H12Cl2N2O2/c1-9-5-6-12(17-7-9)18-13(19)8-20-11-4-2-3-10(15)14(11)16/h2-7H,8H2,1H3,(H,17,18,19). The lowest BCUT2D eigenvalue weighted by Gasteiger charge is -2.09. The van der Waals surface area contributed by atoms with E-state index in [0.717, 1.165) is 5.56 Å². The van der Waals surface area contributed by atoms with E-state index in [2.05, 4.69) is 10.3 Å². The van der Waals surface area contributed by atoms with Crippen LogP contribution < -0.4 is 10.1 Å². The lowest BCUT2D eigenvalue weighted by atomic mass is 10.3. The molecule has 0 aliphatic carbocycles. The van der Waals surface area contributed by atoms with Gasteiger partial charge in [-0.2, -0.15) is 0 Å². The number of nitrogens with one attached hydrogen (secondary N) is 1. The lowest BCUT2D eigenvalue weighted by Crippen LogP contribution is -2.20. The summed E-state index contributed by atoms with van der Waals surface area (Å²) in [7, 11) is 0. The Morgan fingerprint density at radius 2 is 2.10 bits per heavy atom. The van der Waals surface area contributed by atoms with Crippen molar-refractivity contribution in [3.05, 3.63) is 52.1 Å². The van der Waals surface area contributed by atoms with E-state index in [1.165, 1.54) is 0 Å². The number of anilines is 1. The molecule has 0 bridgehead atoms. The monoisotopic (exact) mass is 310 g/mol. The van der Waals surface area contributed by atoms with E-state index in [0.29, 0.717) is 16.6 Å². The van der Waals surface area contributed by atoms with Crippen LogP contribution in [0.1, 0.15) is 5.56 Å². The zero-order valence-corrected chi connectivity index (χ0v) is 12.2. The first-order valence-corrected chi connectivity index (χ1v) is 6.61. The molecule has 0 radical (unpaired) electrons. The molecule has 2 aromatic rings. The highest BCUT2D eigenvalue weighted by Crippen LogP contribution is 2.31. The molecule has 0 atom stereocenters. The highest BCUT2D eigenvalue weighted by molar-refractivity contribution is 6.42. The third-order valence-electron chi connectivity index (χ3n) is 2.45. The molecular weight excluding hydrogens is 299 g/mol. The molecule has 1 heterocycles. The Hall–Kier alpha value is -1.78. The fraction of sp³-hybridized carbons (Fsp3) is 0.143. The maximum atomic E-state index is 11.7. The molecule has 0 unspecified atom stereocenters. The quantitative estimate of drug-likeness (QED) is 0.936. The van der Waals surface area contributed by atoms with Crippen molar-refractivity contribution in [3.63, 3.8) is 0 Å². The number of rotatable bonds is 4. The lowest BCUT2D eigenvalue weighted by molar-refractivity contribution is -0.118. The van der Waals surface area contributed by atoms with Crippen molar-refractivity contribution in [1.82, 2.24) is 4.98 Å². The molecule has 4 nitrogen and oxygen atoms in total. The number of aromatic nitrogens is 1. The topological polar surface area (TPSA) is 51.2 Å². The Balaban J connectivity index is 1.92. The van der Waals surface area contributed by atoms with Crippen LogP contribution >= 0.6 is 23.2 Å². The van der Waals surface area contributed by atoms with Gasteiger partial charge in [0.1, 0.15) is 16.6 Å². The van der Waals surface area contributed by atoms with E-state index in [1.807, 2.05) is 13.0 Å². The van der Waals surface area contributed by atoms with Crippen molar-refractivity contribution in [2.75, 3.05) is 11.9 Å². The normalized spacial score (nSPS) is 10.2. The SMILES string of the molecule is Cc1ccc(NC(=O)COc2cccc(Cl)c2Cl)nc1. The first-order chi connectivity index (χ1) is 9.56. The number of benzene rings is 1. The number of hydrogen-bond donors (Lipinski definition) is 1. The summed E-state index contributed by atoms with van der Waals surface area (Å²) < 4.78 is 5.32. The van der Waals surface area contributed by atoms with Gasteiger partial charge in [0, 0.05) is 6.20 Å². The summed E-state index contributed by atoms with van der Waals surface area (Å²) in [6, 6.07) is 8.57. The van der Waals surface area contributed by atoms with Crippen LogP contribution in [-0.2, 0) is 4.79 Å². The van der Waals surface area contributed by atoms with E-state index in [-0.39, 0.29) is 17.5 Å². The number of carbonyl (C=O) groups excluding carboxylic acids is 1. The summed E-state index contributed by atoms with van der Waals surface area (Å²) in [5.74, 6) is 0.518. The zero-order valence-electron chi connectivity index (χ0n) is 10.7. The first kappa shape index (κ1) is 14.6. The number of ether oxygens (including phenoxy) is 1. The Kier molecular flexibility index (Phi) is 4.82. The van der Waals surface area contributed by atoms with E-state index in [1.54, 1.807) is 30.5 Å². The van der Waals surface area contributed by atoms with Gasteiger partial charge in [0.2, 0.25) is 0 Å². The van der Waals surface area contributed by atoms with Gasteiger partial charge in [-0.25, -0.2) is 4.98 Å². The van der Waals surface area contributed by atoms with E-state index < -0.39 is 0 Å². The minimum absolute atomic E-state index is 0.171. The molecule has 0 aliphatic rings. The average Bonchev–Trinajstić information content (AvgIpc) is 2.43. The first-order valence-electron chi connectivity index (χ1n) is 5.85. The van der Waals surface area contributed by atoms with Gasteiger partial charge in [-0.15, -0.1) is 0 Å². The number of aryl methyl sites for hydroxylation is 1. The molecule has 0 saturated heterocycles. The van der Waals surface area contributed by atoms with Gasteiger partial charge in [0.15, 0.2) is 6.61 Å². The van der Waals surface area contributed by atoms with Gasteiger partial charge in [0.05, 0.1) is 5.02 Å². The molecule has 2 rings (SSSR count). The van der Waals surface area contributed by atoms with Crippen LogP contribution in [0.4, 0.5) is 5.82 Å². The van der Waals surface area contributed by atoms with Gasteiger partial charge in [-0.1, -0.05) is 35.3 Å². The minimum Gasteiger partial charge on any atom is -0.482 e. The van der Waals surface area contributed by atoms with Crippen LogP contribution in [0, 0.1) is 6.92 Å². The van der Waals surface area contributed by atoms with Gasteiger partial charge >= 0.3 is 0 Å². The Bertz CT molecular complexity index is 615. The maximum absolute atomic E-state index is 11.7. The number of pyridine rings is 1. The Labute approximate surface area is 126 Å². The molecule has 1 aromatic heterocycles. The number of amides is 1. The number of carbonyl (C=O) groups is 1. The van der Waals surface area contributed by atoms with Crippen molar-refractivity contribution < 1.29 is 9.53 Å². The third kappa shape index (κ3) is 3.85. The molecule has 0 aliphatic heterocycles. The van der Waals surface area contributed by atoms with Crippen LogP contribution in [0.25, 0.3) is 0 Å². The highest BCUT2D eigenvalue weighted by atomic mass is 35.5. The van der Waals surface area contributed by atoms with Crippen molar-refractivity contribution in [3.8, 4) is 5.75 Å². The second kappa shape index (κ2) is 6.59. The molecular formula is C14H12Cl2N2O2. The van der Waals surface area contributed by atoms with E-state index in [4.69, 9.17) is 27.9 Å². The van der Waals surface area contributed by atoms with Crippen molar-refractivity contribution >= 4 is 34.9 Å². The summed E-state index contributed by atoms with van der Waals surface area (Å²) in [5.41, 5.74) is 1.02. The zero-order chi connectivity index (χ0) is 14.5. The fourth-order valence-electron chi connectivity index (χ4n) is 1.46. The smallest absolute Gasteiger partial charge is 0.263 e. The van der Waals surface area contributed by atoms with Crippen LogP contribution in [0.15, 0.2) is 36.5 Å². The van der Waals surface area contributed by atoms with Crippen molar-refractivity contribution in [2.45, 2.75) is 6.92 Å². The number of hydrogen-bond acceptors (Lipinski definition) is 3. The fourth-order valence-corrected chi connectivity index (χ4v) is 1.81. The summed E-state index contributed by atoms with van der Waals surface area (Å²) in [4.78, 5) is 15.8. The minimum atomic E-state index is -0.322. The molecule has 1 N–H and O–H groups in total. The number of nitrogens with zero attached hydrogens (tertiary/aromatic N) is 1. The Morgan fingerprint density at radius 1 is 1.30 bits per heavy atom. The van der Waals surface area contributed by atoms with E-state index in [9.17, 15) is 4.79 Å². The molecule has 1 aromatic carbocycles. The second-order valence-corrected chi connectivity index (χ2v) is 4.89. The average molecular weight is 311 g/mol. The molecule has 0 spiro atoms. The highest BCUT2D eigenvalue weighted by Gasteiger charge is 2.08. The summed E-state index contributed by atoms with van der Waals surface area (Å²) in [5, 5.41) is 3.29. The summed E-state index contributed by atoms with van der Waals surface area (Å²) in [6.45, 7) is 1.75. The van der Waals surface area contributed by atoms with Gasteiger partial charge in [-0.3, -0.25) is 4.79 Å². The summed E-state index contributed by atoms with van der Waals surface area (Å²) >= 11 is 11.8. The predicted molar refractivity (Wildman–Crippen MR) is 79.6 cm³/mol. The maximum Gasteiger partial charge on any atom is 0.263 e. The summed E-state index contributed by atoms with van der Waals surface area (Å²) in [6.07, 6.45) is 1.67. The van der Waals surface area contributed by atoms with Crippen LogP contribution in [0.3, 0.4) is 0 Å². The molecule has 1 amide bonds. The molecule has 0 saturated carbocycles. The van der Waals surface area contributed by atoms with Gasteiger partial charge in [0.25, 0.3) is 5.91 Å². The number of halogens is 2.